The third-order valence-corrected chi connectivity index (χ3v) is 4.50. The van der Waals surface area contributed by atoms with E-state index in [1.807, 2.05) is 12.1 Å². The van der Waals surface area contributed by atoms with Crippen LogP contribution in [0.3, 0.4) is 0 Å². The van der Waals surface area contributed by atoms with Crippen molar-refractivity contribution in [3.8, 4) is 0 Å². The molecule has 3 N–H and O–H groups in total. The second-order valence-corrected chi connectivity index (χ2v) is 6.68. The summed E-state index contributed by atoms with van der Waals surface area (Å²) in [5, 5.41) is 4.82. The maximum absolute atomic E-state index is 6.00. The number of nitrogen functional groups attached to an aromatic ring is 1. The molecule has 1 aliphatic carbocycles. The summed E-state index contributed by atoms with van der Waals surface area (Å²) in [6.07, 6.45) is 6.84. The highest BCUT2D eigenvalue weighted by Crippen LogP contribution is 2.37. The van der Waals surface area contributed by atoms with Gasteiger partial charge in [-0.3, -0.25) is 4.98 Å². The zero-order chi connectivity index (χ0) is 14.2. The first-order valence-corrected chi connectivity index (χ1v) is 7.45. The van der Waals surface area contributed by atoms with E-state index in [-0.39, 0.29) is 0 Å². The normalized spacial score (nSPS) is 19.1. The van der Waals surface area contributed by atoms with Gasteiger partial charge in [0.25, 0.3) is 0 Å². The maximum Gasteiger partial charge on any atom is 0.0951 e. The van der Waals surface area contributed by atoms with E-state index in [9.17, 15) is 0 Å². The van der Waals surface area contributed by atoms with Gasteiger partial charge in [0.1, 0.15) is 0 Å². The highest BCUT2D eigenvalue weighted by molar-refractivity contribution is 5.98. The Balaban J connectivity index is 1.83. The molecule has 0 amide bonds. The minimum absolute atomic E-state index is 0.503. The Hall–Kier alpha value is -1.77. The van der Waals surface area contributed by atoms with E-state index in [0.717, 1.165) is 22.3 Å². The van der Waals surface area contributed by atoms with Crippen molar-refractivity contribution in [1.29, 1.82) is 0 Å². The van der Waals surface area contributed by atoms with Gasteiger partial charge in [0, 0.05) is 23.3 Å². The number of nitrogens with two attached hydrogens (primary N) is 1. The lowest BCUT2D eigenvalue weighted by atomic mass is 9.75. The summed E-state index contributed by atoms with van der Waals surface area (Å²) in [5.74, 6) is 0. The molecule has 1 aliphatic rings. The average Bonchev–Trinajstić information content (AvgIpc) is 2.44. The fraction of sp³-hybridized carbons (Fsp3) is 0.471. The first-order valence-electron chi connectivity index (χ1n) is 7.45. The van der Waals surface area contributed by atoms with Crippen LogP contribution >= 0.6 is 0 Å². The van der Waals surface area contributed by atoms with E-state index in [4.69, 9.17) is 5.73 Å². The number of aromatic nitrogens is 1. The molecule has 1 fully saturated rings. The molecule has 106 valence electrons. The standard InChI is InChI=1S/C17H23N3/c1-17(2)9-7-12(8-10-17)20-15-6-5-14(18)16-13(15)4-3-11-19-16/h3-6,11-12,20H,7-10,18H2,1-2H3. The molecule has 0 aliphatic heterocycles. The zero-order valence-electron chi connectivity index (χ0n) is 12.3. The van der Waals surface area contributed by atoms with Gasteiger partial charge in [-0.1, -0.05) is 13.8 Å². The SMILES string of the molecule is CC1(C)CCC(Nc2ccc(N)c3ncccc23)CC1. The van der Waals surface area contributed by atoms with E-state index in [1.165, 1.54) is 25.7 Å². The van der Waals surface area contributed by atoms with E-state index in [1.54, 1.807) is 6.20 Å². The number of rotatable bonds is 2. The lowest BCUT2D eigenvalue weighted by Gasteiger charge is -2.35. The Morgan fingerprint density at radius 2 is 1.95 bits per heavy atom. The number of benzene rings is 1. The van der Waals surface area contributed by atoms with E-state index >= 15 is 0 Å². The topological polar surface area (TPSA) is 50.9 Å². The predicted molar refractivity (Wildman–Crippen MR) is 85.8 cm³/mol. The van der Waals surface area contributed by atoms with Gasteiger partial charge in [-0.2, -0.15) is 0 Å². The summed E-state index contributed by atoms with van der Waals surface area (Å²) in [6, 6.07) is 8.66. The number of nitrogens with zero attached hydrogens (tertiary/aromatic N) is 1. The Morgan fingerprint density at radius 3 is 2.70 bits per heavy atom. The molecule has 3 rings (SSSR count). The van der Waals surface area contributed by atoms with Crippen molar-refractivity contribution in [2.24, 2.45) is 5.41 Å². The maximum atomic E-state index is 6.00. The van der Waals surface area contributed by atoms with E-state index < -0.39 is 0 Å². The lowest BCUT2D eigenvalue weighted by molar-refractivity contribution is 0.232. The highest BCUT2D eigenvalue weighted by Gasteiger charge is 2.26. The lowest BCUT2D eigenvalue weighted by Crippen LogP contribution is -2.29. The average molecular weight is 269 g/mol. The van der Waals surface area contributed by atoms with Gasteiger partial charge in [-0.15, -0.1) is 0 Å². The fourth-order valence-corrected chi connectivity index (χ4v) is 3.08. The predicted octanol–water partition coefficient (Wildman–Crippen LogP) is 4.20. The quantitative estimate of drug-likeness (QED) is 0.803. The minimum Gasteiger partial charge on any atom is -0.397 e. The van der Waals surface area contributed by atoms with Gasteiger partial charge in [-0.25, -0.2) is 0 Å². The van der Waals surface area contributed by atoms with Crippen molar-refractivity contribution in [3.05, 3.63) is 30.5 Å². The molecule has 20 heavy (non-hydrogen) atoms. The fourth-order valence-electron chi connectivity index (χ4n) is 3.08. The molecular weight excluding hydrogens is 246 g/mol. The Labute approximate surface area is 120 Å². The van der Waals surface area contributed by atoms with Crippen LogP contribution in [0.15, 0.2) is 30.5 Å². The summed E-state index contributed by atoms with van der Waals surface area (Å²) < 4.78 is 0. The molecule has 2 aromatic rings. The molecule has 0 spiro atoms. The van der Waals surface area contributed by atoms with Gasteiger partial charge in [0.2, 0.25) is 0 Å². The number of anilines is 2. The van der Waals surface area contributed by atoms with Crippen molar-refractivity contribution in [3.63, 3.8) is 0 Å². The first-order chi connectivity index (χ1) is 9.55. The van der Waals surface area contributed by atoms with Gasteiger partial charge >= 0.3 is 0 Å². The van der Waals surface area contributed by atoms with Gasteiger partial charge < -0.3 is 11.1 Å². The van der Waals surface area contributed by atoms with Crippen LogP contribution in [0.5, 0.6) is 0 Å². The van der Waals surface area contributed by atoms with Crippen molar-refractivity contribution in [2.45, 2.75) is 45.6 Å². The Bertz CT molecular complexity index is 609. The number of fused-ring (bicyclic) bond motifs is 1. The van der Waals surface area contributed by atoms with E-state index in [0.29, 0.717) is 11.5 Å². The minimum atomic E-state index is 0.503. The highest BCUT2D eigenvalue weighted by atomic mass is 14.9. The molecule has 0 radical (unpaired) electrons. The Morgan fingerprint density at radius 1 is 1.20 bits per heavy atom. The number of pyridine rings is 1. The van der Waals surface area contributed by atoms with Crippen molar-refractivity contribution in [1.82, 2.24) is 4.98 Å². The molecule has 0 bridgehead atoms. The van der Waals surface area contributed by atoms with Crippen molar-refractivity contribution < 1.29 is 0 Å². The summed E-state index contributed by atoms with van der Waals surface area (Å²) in [4.78, 5) is 4.39. The molecule has 3 heteroatoms. The van der Waals surface area contributed by atoms with Crippen LogP contribution in [-0.4, -0.2) is 11.0 Å². The van der Waals surface area contributed by atoms with E-state index in [2.05, 4.69) is 36.3 Å². The molecule has 0 atom stereocenters. The summed E-state index contributed by atoms with van der Waals surface area (Å²) in [5.41, 5.74) is 9.31. The molecule has 0 unspecified atom stereocenters. The van der Waals surface area contributed by atoms with Crippen molar-refractivity contribution >= 4 is 22.3 Å². The second kappa shape index (κ2) is 4.97. The largest absolute Gasteiger partial charge is 0.397 e. The number of nitrogens with one attached hydrogen (secondary N) is 1. The number of hydrogen-bond acceptors (Lipinski definition) is 3. The van der Waals surface area contributed by atoms with Gasteiger partial charge in [0.15, 0.2) is 0 Å². The van der Waals surface area contributed by atoms with Gasteiger partial charge in [-0.05, 0) is 55.4 Å². The smallest absolute Gasteiger partial charge is 0.0951 e. The van der Waals surface area contributed by atoms with Crippen LogP contribution < -0.4 is 11.1 Å². The second-order valence-electron chi connectivity index (χ2n) is 6.68. The molecule has 1 heterocycles. The van der Waals surface area contributed by atoms with Crippen molar-refractivity contribution in [2.75, 3.05) is 11.1 Å². The first kappa shape index (κ1) is 13.2. The van der Waals surface area contributed by atoms with Crippen LogP contribution in [0.1, 0.15) is 39.5 Å². The third-order valence-electron chi connectivity index (χ3n) is 4.50. The van der Waals surface area contributed by atoms with Crippen LogP contribution in [-0.2, 0) is 0 Å². The Kier molecular flexibility index (Phi) is 3.28. The molecule has 3 nitrogen and oxygen atoms in total. The number of hydrogen-bond donors (Lipinski definition) is 2. The van der Waals surface area contributed by atoms with Crippen LogP contribution in [0.25, 0.3) is 10.9 Å². The van der Waals surface area contributed by atoms with Crippen LogP contribution in [0.4, 0.5) is 11.4 Å². The third kappa shape index (κ3) is 2.58. The molecule has 1 saturated carbocycles. The monoisotopic (exact) mass is 269 g/mol. The molecule has 1 aromatic heterocycles. The molecule has 1 aromatic carbocycles. The van der Waals surface area contributed by atoms with Crippen LogP contribution in [0, 0.1) is 5.41 Å². The van der Waals surface area contributed by atoms with Gasteiger partial charge in [0.05, 0.1) is 11.2 Å². The molecular formula is C17H23N3. The van der Waals surface area contributed by atoms with Crippen LogP contribution in [0.2, 0.25) is 0 Å². The summed E-state index contributed by atoms with van der Waals surface area (Å²) in [7, 11) is 0. The summed E-state index contributed by atoms with van der Waals surface area (Å²) in [6.45, 7) is 4.73. The molecule has 0 saturated heterocycles. The zero-order valence-corrected chi connectivity index (χ0v) is 12.3. The summed E-state index contributed by atoms with van der Waals surface area (Å²) >= 11 is 0.